The number of nitrogens with one attached hydrogen (secondary N) is 3. The van der Waals surface area contributed by atoms with Crippen LogP contribution < -0.4 is 33.2 Å². The first-order valence-corrected chi connectivity index (χ1v) is 10.4. The molecule has 0 spiro atoms. The standard InChI is InChI=1S/C16H28N6O8S/c1-31-3-2-8(14(27)22-10(16(29)30)5-12(19)25)20-15(28)9(4-11(18)24)21-13(26)7(17)6-23/h7-10,23H,2-6,17H2,1H3,(H2,18,24)(H2,19,25)(H,20,28)(H,21,26)(H,22,27)(H,29,30). The van der Waals surface area contributed by atoms with Crippen LogP contribution >= 0.6 is 11.8 Å². The Bertz CT molecular complexity index is 691. The van der Waals surface area contributed by atoms with Crippen LogP contribution in [0.1, 0.15) is 19.3 Å². The number of aliphatic hydroxyl groups excluding tert-OH is 1. The molecular weight excluding hydrogens is 436 g/mol. The number of carbonyl (C=O) groups is 6. The summed E-state index contributed by atoms with van der Waals surface area (Å²) in [7, 11) is 0. The highest BCUT2D eigenvalue weighted by Gasteiger charge is 2.31. The second-order valence-corrected chi connectivity index (χ2v) is 7.42. The number of carboxylic acids is 1. The van der Waals surface area contributed by atoms with Gasteiger partial charge in [0, 0.05) is 0 Å². The van der Waals surface area contributed by atoms with Gasteiger partial charge >= 0.3 is 5.97 Å². The molecule has 15 heteroatoms. The van der Waals surface area contributed by atoms with Crippen molar-refractivity contribution in [3.8, 4) is 0 Å². The van der Waals surface area contributed by atoms with E-state index in [1.807, 2.05) is 0 Å². The molecule has 0 aromatic carbocycles. The molecule has 14 nitrogen and oxygen atoms in total. The molecule has 0 aliphatic rings. The Morgan fingerprint density at radius 3 is 1.74 bits per heavy atom. The molecule has 0 aliphatic carbocycles. The van der Waals surface area contributed by atoms with Crippen molar-refractivity contribution in [2.24, 2.45) is 17.2 Å². The van der Waals surface area contributed by atoms with Gasteiger partial charge in [0.05, 0.1) is 19.4 Å². The van der Waals surface area contributed by atoms with E-state index in [2.05, 4.69) is 16.0 Å². The largest absolute Gasteiger partial charge is 0.480 e. The summed E-state index contributed by atoms with van der Waals surface area (Å²) in [5, 5.41) is 24.6. The lowest BCUT2D eigenvalue weighted by molar-refractivity contribution is -0.143. The summed E-state index contributed by atoms with van der Waals surface area (Å²) in [6.07, 6.45) is 0.515. The highest BCUT2D eigenvalue weighted by Crippen LogP contribution is 2.04. The smallest absolute Gasteiger partial charge is 0.326 e. The Labute approximate surface area is 182 Å². The Hall–Kier alpha value is -2.91. The maximum absolute atomic E-state index is 12.6. The number of hydrogen-bond acceptors (Lipinski definition) is 9. The minimum Gasteiger partial charge on any atom is -0.480 e. The summed E-state index contributed by atoms with van der Waals surface area (Å²) in [5.74, 6) is -5.81. The van der Waals surface area contributed by atoms with Gasteiger partial charge in [-0.2, -0.15) is 11.8 Å². The van der Waals surface area contributed by atoms with E-state index in [0.717, 1.165) is 0 Å². The van der Waals surface area contributed by atoms with Crippen molar-refractivity contribution in [3.05, 3.63) is 0 Å². The van der Waals surface area contributed by atoms with Crippen LogP contribution in [0.4, 0.5) is 0 Å². The van der Waals surface area contributed by atoms with E-state index in [9.17, 15) is 28.8 Å². The Balaban J connectivity index is 5.45. The molecule has 4 unspecified atom stereocenters. The van der Waals surface area contributed by atoms with E-state index in [1.54, 1.807) is 6.26 Å². The van der Waals surface area contributed by atoms with Crippen molar-refractivity contribution in [2.45, 2.75) is 43.4 Å². The number of nitrogens with two attached hydrogens (primary N) is 3. The minimum absolute atomic E-state index is 0.0645. The fourth-order valence-electron chi connectivity index (χ4n) is 2.22. The van der Waals surface area contributed by atoms with E-state index in [4.69, 9.17) is 27.4 Å². The summed E-state index contributed by atoms with van der Waals surface area (Å²) in [6, 6.07) is -5.72. The van der Waals surface area contributed by atoms with Crippen LogP contribution in [0.25, 0.3) is 0 Å². The minimum atomic E-state index is -1.61. The predicted molar refractivity (Wildman–Crippen MR) is 109 cm³/mol. The number of hydrogen-bond donors (Lipinski definition) is 8. The normalized spacial score (nSPS) is 14.4. The quantitative estimate of drug-likeness (QED) is 0.115. The first-order chi connectivity index (χ1) is 14.4. The summed E-state index contributed by atoms with van der Waals surface area (Å²) >= 11 is 1.34. The lowest BCUT2D eigenvalue weighted by Gasteiger charge is -2.24. The number of aliphatic carboxylic acids is 1. The molecule has 0 saturated carbocycles. The number of carbonyl (C=O) groups excluding carboxylic acids is 5. The average molecular weight is 465 g/mol. The van der Waals surface area contributed by atoms with Crippen LogP contribution in [0.2, 0.25) is 0 Å². The molecule has 11 N–H and O–H groups in total. The maximum atomic E-state index is 12.6. The van der Waals surface area contributed by atoms with E-state index in [1.165, 1.54) is 11.8 Å². The van der Waals surface area contributed by atoms with Crippen molar-refractivity contribution in [1.82, 2.24) is 16.0 Å². The van der Waals surface area contributed by atoms with Crippen molar-refractivity contribution in [2.75, 3.05) is 18.6 Å². The van der Waals surface area contributed by atoms with Crippen molar-refractivity contribution < 1.29 is 39.0 Å². The molecule has 0 aromatic heterocycles. The van der Waals surface area contributed by atoms with E-state index < -0.39 is 79.1 Å². The second kappa shape index (κ2) is 14.2. The number of aliphatic hydroxyl groups is 1. The van der Waals surface area contributed by atoms with Crippen LogP contribution in [-0.4, -0.2) is 88.5 Å². The second-order valence-electron chi connectivity index (χ2n) is 6.43. The molecule has 5 amide bonds. The monoisotopic (exact) mass is 464 g/mol. The van der Waals surface area contributed by atoms with Gasteiger partial charge < -0.3 is 43.4 Å². The van der Waals surface area contributed by atoms with Gasteiger partial charge in [-0.1, -0.05) is 0 Å². The van der Waals surface area contributed by atoms with Gasteiger partial charge in [-0.3, -0.25) is 24.0 Å². The van der Waals surface area contributed by atoms with E-state index >= 15 is 0 Å². The van der Waals surface area contributed by atoms with Gasteiger partial charge in [-0.05, 0) is 18.4 Å². The fraction of sp³-hybridized carbons (Fsp3) is 0.625. The fourth-order valence-corrected chi connectivity index (χ4v) is 2.69. The third kappa shape index (κ3) is 11.2. The average Bonchev–Trinajstić information content (AvgIpc) is 2.68. The van der Waals surface area contributed by atoms with Crippen LogP contribution in [0.3, 0.4) is 0 Å². The molecule has 176 valence electrons. The molecule has 0 aromatic rings. The first-order valence-electron chi connectivity index (χ1n) is 8.98. The lowest BCUT2D eigenvalue weighted by atomic mass is 10.1. The molecule has 4 atom stereocenters. The zero-order chi connectivity index (χ0) is 24.1. The van der Waals surface area contributed by atoms with Gasteiger partial charge in [0.1, 0.15) is 24.2 Å². The van der Waals surface area contributed by atoms with Crippen molar-refractivity contribution in [1.29, 1.82) is 0 Å². The zero-order valence-electron chi connectivity index (χ0n) is 16.8. The van der Waals surface area contributed by atoms with E-state index in [-0.39, 0.29) is 6.42 Å². The topological polar surface area (TPSA) is 257 Å². The summed E-state index contributed by atoms with van der Waals surface area (Å²) in [6.45, 7) is -0.716. The molecule has 0 fully saturated rings. The van der Waals surface area contributed by atoms with Gasteiger partial charge in [0.15, 0.2) is 0 Å². The third-order valence-corrected chi connectivity index (χ3v) is 4.48. The lowest BCUT2D eigenvalue weighted by Crippen LogP contribution is -2.58. The molecule has 0 aliphatic heterocycles. The van der Waals surface area contributed by atoms with Crippen molar-refractivity contribution >= 4 is 47.3 Å². The number of primary amides is 2. The number of carboxylic acid groups (broad SMARTS) is 1. The SMILES string of the molecule is CSCCC(NC(=O)C(CC(N)=O)NC(=O)C(N)CO)C(=O)NC(CC(N)=O)C(=O)O. The van der Waals surface area contributed by atoms with E-state index in [0.29, 0.717) is 5.75 Å². The van der Waals surface area contributed by atoms with Crippen LogP contribution in [0.15, 0.2) is 0 Å². The number of thioether (sulfide) groups is 1. The molecule has 0 heterocycles. The predicted octanol–water partition coefficient (Wildman–Crippen LogP) is -4.65. The molecular formula is C16H28N6O8S. The Morgan fingerprint density at radius 2 is 1.29 bits per heavy atom. The van der Waals surface area contributed by atoms with Gasteiger partial charge in [0.25, 0.3) is 0 Å². The van der Waals surface area contributed by atoms with Crippen LogP contribution in [-0.2, 0) is 28.8 Å². The highest BCUT2D eigenvalue weighted by molar-refractivity contribution is 7.98. The maximum Gasteiger partial charge on any atom is 0.326 e. The summed E-state index contributed by atoms with van der Waals surface area (Å²) in [4.78, 5) is 70.5. The molecule has 0 bridgehead atoms. The van der Waals surface area contributed by atoms with Gasteiger partial charge in [-0.25, -0.2) is 4.79 Å². The van der Waals surface area contributed by atoms with Gasteiger partial charge in [0.2, 0.25) is 29.5 Å². The third-order valence-electron chi connectivity index (χ3n) is 3.84. The van der Waals surface area contributed by atoms with Crippen LogP contribution in [0, 0.1) is 0 Å². The van der Waals surface area contributed by atoms with Gasteiger partial charge in [-0.15, -0.1) is 0 Å². The number of amides is 5. The van der Waals surface area contributed by atoms with Crippen molar-refractivity contribution in [3.63, 3.8) is 0 Å². The Morgan fingerprint density at radius 1 is 0.839 bits per heavy atom. The summed E-state index contributed by atoms with van der Waals surface area (Å²) in [5.41, 5.74) is 15.4. The molecule has 0 radical (unpaired) electrons. The summed E-state index contributed by atoms with van der Waals surface area (Å²) < 4.78 is 0. The van der Waals surface area contributed by atoms with Crippen LogP contribution in [0.5, 0.6) is 0 Å². The highest BCUT2D eigenvalue weighted by atomic mass is 32.2. The molecule has 0 rings (SSSR count). The first kappa shape index (κ1) is 28.1. The molecule has 31 heavy (non-hydrogen) atoms. The zero-order valence-corrected chi connectivity index (χ0v) is 17.6. The number of rotatable bonds is 15. The molecule has 0 saturated heterocycles. The Kier molecular flexibility index (Phi) is 12.8.